The van der Waals surface area contributed by atoms with Crippen LogP contribution in [0.4, 0.5) is 0 Å². The summed E-state index contributed by atoms with van der Waals surface area (Å²) in [5.41, 5.74) is 6.81. The molecular formula is C48H48Br4N4O6. The Morgan fingerprint density at radius 1 is 0.645 bits per heavy atom. The van der Waals surface area contributed by atoms with E-state index >= 15 is 4.79 Å². The molecule has 0 radical (unpaired) electrons. The lowest BCUT2D eigenvalue weighted by Crippen LogP contribution is -2.68. The summed E-state index contributed by atoms with van der Waals surface area (Å²) >= 11 is 14.2. The van der Waals surface area contributed by atoms with Crippen molar-refractivity contribution in [3.63, 3.8) is 0 Å². The number of primary amides is 1. The molecule has 0 saturated heterocycles. The van der Waals surface area contributed by atoms with Gasteiger partial charge in [0.1, 0.15) is 17.6 Å². The highest BCUT2D eigenvalue weighted by Gasteiger charge is 2.48. The maximum Gasteiger partial charge on any atom is 0.254 e. The van der Waals surface area contributed by atoms with Gasteiger partial charge < -0.3 is 26.8 Å². The average Bonchev–Trinajstić information content (AvgIpc) is 3.26. The molecule has 5 aromatic rings. The Labute approximate surface area is 395 Å². The Balaban J connectivity index is 1.58. The number of hydrogen-bond donors (Lipinski definition) is 5. The number of aliphatic hydroxyl groups is 1. The summed E-state index contributed by atoms with van der Waals surface area (Å²) < 4.78 is 0.984. The van der Waals surface area contributed by atoms with Crippen molar-refractivity contribution in [3.8, 4) is 0 Å². The third kappa shape index (κ3) is 12.4. The molecule has 5 rings (SSSR count). The van der Waals surface area contributed by atoms with E-state index in [9.17, 15) is 24.3 Å². The van der Waals surface area contributed by atoms with Gasteiger partial charge in [0.2, 0.25) is 17.7 Å². The first-order chi connectivity index (χ1) is 29.6. The third-order valence-electron chi connectivity index (χ3n) is 10.4. The molecule has 14 heteroatoms. The van der Waals surface area contributed by atoms with Crippen molar-refractivity contribution < 1.29 is 29.1 Å². The predicted molar refractivity (Wildman–Crippen MR) is 256 cm³/mol. The van der Waals surface area contributed by atoms with Gasteiger partial charge in [-0.05, 0) is 112 Å². The Kier molecular flexibility index (Phi) is 17.8. The number of halogens is 4. The number of benzene rings is 5. The first-order valence-electron chi connectivity index (χ1n) is 20.1. The van der Waals surface area contributed by atoms with Gasteiger partial charge in [-0.1, -0.05) is 135 Å². The number of nitrogens with one attached hydrogen (secondary N) is 3. The van der Waals surface area contributed by atoms with Crippen molar-refractivity contribution >= 4 is 93.1 Å². The second kappa shape index (κ2) is 22.8. The molecule has 4 amide bonds. The molecule has 0 aliphatic rings. The van der Waals surface area contributed by atoms with Crippen LogP contribution in [0.2, 0.25) is 0 Å². The fraction of sp³-hybridized carbons (Fsp3) is 0.271. The van der Waals surface area contributed by atoms with E-state index < -0.39 is 47.4 Å². The summed E-state index contributed by atoms with van der Waals surface area (Å²) in [4.78, 5) is 70.8. The molecule has 0 aliphatic carbocycles. The van der Waals surface area contributed by atoms with Gasteiger partial charge in [0.15, 0.2) is 5.78 Å². The van der Waals surface area contributed by atoms with Crippen LogP contribution in [0.15, 0.2) is 139 Å². The molecule has 4 atom stereocenters. The number of carbonyl (C=O) groups is 5. The molecule has 0 bridgehead atoms. The van der Waals surface area contributed by atoms with Crippen LogP contribution in [0, 0.1) is 5.92 Å². The largest absolute Gasteiger partial charge is 0.390 e. The SMILES string of the molecule is CC(C)C[C@H](NC(=O)[C@@](Cc1ccccc1)(NC(=O)c1c(Br)c(Br)c(C(=O)c2ccccc2)c(Br)c1Br)[C@H](O)CCCc1ccccc1)C(=O)NC(Cc1ccccc1)C(N)=O. The molecule has 0 fully saturated rings. The van der Waals surface area contributed by atoms with Gasteiger partial charge in [-0.25, -0.2) is 0 Å². The lowest BCUT2D eigenvalue weighted by atomic mass is 9.81. The number of rotatable bonds is 20. The summed E-state index contributed by atoms with van der Waals surface area (Å²) in [7, 11) is 0. The second-order valence-corrected chi connectivity index (χ2v) is 18.7. The highest BCUT2D eigenvalue weighted by molar-refractivity contribution is 9.14. The van der Waals surface area contributed by atoms with Crippen LogP contribution in [0.3, 0.4) is 0 Å². The molecule has 62 heavy (non-hydrogen) atoms. The van der Waals surface area contributed by atoms with E-state index in [0.29, 0.717) is 24.0 Å². The fourth-order valence-corrected chi connectivity index (χ4v) is 10.0. The molecule has 324 valence electrons. The molecule has 1 unspecified atom stereocenters. The number of ketones is 1. The number of amides is 4. The molecule has 0 heterocycles. The van der Waals surface area contributed by atoms with Crippen molar-refractivity contribution in [2.75, 3.05) is 0 Å². The van der Waals surface area contributed by atoms with E-state index in [2.05, 4.69) is 79.7 Å². The van der Waals surface area contributed by atoms with Crippen molar-refractivity contribution in [1.82, 2.24) is 16.0 Å². The monoisotopic (exact) mass is 1090 g/mol. The minimum absolute atomic E-state index is 0.0248. The Hall–Kier alpha value is -4.47. The molecule has 0 aliphatic heterocycles. The minimum Gasteiger partial charge on any atom is -0.390 e. The zero-order valence-electron chi connectivity index (χ0n) is 34.2. The first kappa shape index (κ1) is 48.6. The van der Waals surface area contributed by atoms with Gasteiger partial charge in [-0.2, -0.15) is 0 Å². The van der Waals surface area contributed by atoms with Crippen LogP contribution in [0.5, 0.6) is 0 Å². The summed E-state index contributed by atoms with van der Waals surface area (Å²) in [6.45, 7) is 3.77. The van der Waals surface area contributed by atoms with Crippen LogP contribution in [-0.2, 0) is 33.6 Å². The van der Waals surface area contributed by atoms with Gasteiger partial charge >= 0.3 is 0 Å². The number of carbonyl (C=O) groups excluding carboxylic acids is 5. The highest BCUT2D eigenvalue weighted by atomic mass is 79.9. The summed E-state index contributed by atoms with van der Waals surface area (Å²) in [5.74, 6) is -3.41. The average molecular weight is 1100 g/mol. The molecule has 0 saturated carbocycles. The summed E-state index contributed by atoms with van der Waals surface area (Å²) in [6.07, 6.45) is -0.271. The molecular weight excluding hydrogens is 1050 g/mol. The minimum atomic E-state index is -2.08. The number of hydrogen-bond acceptors (Lipinski definition) is 6. The van der Waals surface area contributed by atoms with E-state index in [1.54, 1.807) is 54.6 Å². The summed E-state index contributed by atoms with van der Waals surface area (Å²) in [6, 6.07) is 34.2. The lowest BCUT2D eigenvalue weighted by molar-refractivity contribution is -0.137. The second-order valence-electron chi connectivity index (χ2n) is 15.5. The Bertz CT molecular complexity index is 2320. The van der Waals surface area contributed by atoms with Crippen molar-refractivity contribution in [3.05, 3.63) is 173 Å². The smallest absolute Gasteiger partial charge is 0.254 e. The van der Waals surface area contributed by atoms with Crippen LogP contribution >= 0.6 is 63.7 Å². The molecule has 10 nitrogen and oxygen atoms in total. The van der Waals surface area contributed by atoms with Gasteiger partial charge in [-0.15, -0.1) is 0 Å². The Morgan fingerprint density at radius 3 is 1.65 bits per heavy atom. The number of aliphatic hydroxyl groups excluding tert-OH is 1. The number of nitrogens with two attached hydrogens (primary N) is 1. The van der Waals surface area contributed by atoms with Crippen LogP contribution < -0.4 is 21.7 Å². The predicted octanol–water partition coefficient (Wildman–Crippen LogP) is 8.81. The van der Waals surface area contributed by atoms with E-state index in [0.717, 1.165) is 11.1 Å². The van der Waals surface area contributed by atoms with E-state index in [-0.39, 0.29) is 66.4 Å². The zero-order valence-corrected chi connectivity index (χ0v) is 40.5. The summed E-state index contributed by atoms with van der Waals surface area (Å²) in [5, 5.41) is 21.0. The van der Waals surface area contributed by atoms with Crippen molar-refractivity contribution in [2.24, 2.45) is 11.7 Å². The van der Waals surface area contributed by atoms with Crippen LogP contribution in [-0.4, -0.2) is 58.2 Å². The van der Waals surface area contributed by atoms with Crippen molar-refractivity contribution in [1.29, 1.82) is 0 Å². The third-order valence-corrected chi connectivity index (χ3v) is 14.7. The van der Waals surface area contributed by atoms with Gasteiger partial charge in [0, 0.05) is 36.3 Å². The van der Waals surface area contributed by atoms with Crippen molar-refractivity contribution in [2.45, 2.75) is 76.1 Å². The van der Waals surface area contributed by atoms with Crippen LogP contribution in [0.1, 0.15) is 76.1 Å². The van der Waals surface area contributed by atoms with E-state index in [1.165, 1.54) is 0 Å². The normalized spacial score (nSPS) is 13.6. The standard InChI is InChI=1S/C48H48Br4N4O6/c1-29(2)26-35(45(60)54-34(44(53)59)27-31-18-9-4-10-19-31)55-47(62)48(28-32-20-11-5-12-21-32,36(57)25-15-22-30-16-7-3-8-17-30)56-46(61)38-41(51)39(49)37(40(50)42(38)52)43(58)33-23-13-6-14-24-33/h3-14,16-21,23-24,29,34-36,57H,15,22,25-28H2,1-2H3,(H2,53,59)(H,54,60)(H,55,62)(H,56,61)/t34?,35-,36+,48-/m0/s1. The number of aryl methyl sites for hydroxylation is 1. The molecule has 0 aromatic heterocycles. The van der Waals surface area contributed by atoms with E-state index in [1.807, 2.05) is 80.6 Å². The first-order valence-corrected chi connectivity index (χ1v) is 23.3. The quantitative estimate of drug-likeness (QED) is 0.0386. The topological polar surface area (TPSA) is 168 Å². The highest BCUT2D eigenvalue weighted by Crippen LogP contribution is 2.43. The Morgan fingerprint density at radius 2 is 1.13 bits per heavy atom. The molecule has 0 spiro atoms. The lowest BCUT2D eigenvalue weighted by Gasteiger charge is -2.39. The van der Waals surface area contributed by atoms with Gasteiger partial charge in [-0.3, -0.25) is 24.0 Å². The van der Waals surface area contributed by atoms with Gasteiger partial charge in [0.05, 0.1) is 17.2 Å². The van der Waals surface area contributed by atoms with Crippen LogP contribution in [0.25, 0.3) is 0 Å². The molecule has 6 N–H and O–H groups in total. The zero-order chi connectivity index (χ0) is 45.0. The van der Waals surface area contributed by atoms with E-state index in [4.69, 9.17) is 5.73 Å². The molecule has 5 aromatic carbocycles. The maximum absolute atomic E-state index is 15.3. The maximum atomic E-state index is 15.3. The fourth-order valence-electron chi connectivity index (χ4n) is 7.21. The van der Waals surface area contributed by atoms with Gasteiger partial charge in [0.25, 0.3) is 5.91 Å².